The molecule has 59 heavy (non-hydrogen) atoms. The molecule has 2 aromatic carbocycles. The van der Waals surface area contributed by atoms with Crippen LogP contribution in [0.5, 0.6) is 11.5 Å². The maximum Gasteiger partial charge on any atom is 0.408 e. The molecule has 3 saturated heterocycles. The first-order valence-corrected chi connectivity index (χ1v) is 22.5. The summed E-state index contributed by atoms with van der Waals surface area (Å²) >= 11 is 0. The second-order valence-corrected chi connectivity index (χ2v) is 18.5. The number of aromatic nitrogens is 1. The molecule has 5 atom stereocenters. The molecule has 8 rings (SSSR count). The third-order valence-electron chi connectivity index (χ3n) is 12.3. The molecule has 2 saturated carbocycles. The van der Waals surface area contributed by atoms with Gasteiger partial charge in [-0.25, -0.2) is 18.2 Å². The SMILES string of the molecule is COc1ccc2c(O[C@@H]3C[C@H]4C(=O)N[C@]5(C(=O)NS(=O)(=O)C6CC6)C[C@H]5CCCCCCC[C@H](NC(=O)OC5CCOCC5)C(=O)N4C3)cc(-c3ccccc3)nc2c1. The van der Waals surface area contributed by atoms with Gasteiger partial charge >= 0.3 is 6.09 Å². The zero-order chi connectivity index (χ0) is 41.1. The lowest BCUT2D eigenvalue weighted by molar-refractivity contribution is -0.141. The van der Waals surface area contributed by atoms with Crippen molar-refractivity contribution in [2.75, 3.05) is 26.9 Å². The number of benzene rings is 2. The van der Waals surface area contributed by atoms with E-state index in [1.54, 1.807) is 7.11 Å². The fraction of sp³-hybridized carbons (Fsp3) is 0.558. The molecule has 5 fully saturated rings. The quantitative estimate of drug-likeness (QED) is 0.270. The van der Waals surface area contributed by atoms with Crippen LogP contribution >= 0.6 is 0 Å². The lowest BCUT2D eigenvalue weighted by Crippen LogP contribution is -2.58. The van der Waals surface area contributed by atoms with Crippen LogP contribution in [0.25, 0.3) is 22.2 Å². The minimum absolute atomic E-state index is 0.00341. The fourth-order valence-electron chi connectivity index (χ4n) is 8.71. The van der Waals surface area contributed by atoms with E-state index in [0.717, 1.165) is 31.2 Å². The molecule has 5 aliphatic rings. The van der Waals surface area contributed by atoms with Crippen molar-refractivity contribution in [1.82, 2.24) is 25.2 Å². The predicted molar refractivity (Wildman–Crippen MR) is 217 cm³/mol. The Hall–Kier alpha value is -4.96. The zero-order valence-electron chi connectivity index (χ0n) is 33.4. The van der Waals surface area contributed by atoms with Crippen molar-refractivity contribution in [3.63, 3.8) is 0 Å². The first-order valence-electron chi connectivity index (χ1n) is 21.0. The third-order valence-corrected chi connectivity index (χ3v) is 14.1. The molecule has 15 nitrogen and oxygen atoms in total. The molecule has 3 N–H and O–H groups in total. The summed E-state index contributed by atoms with van der Waals surface area (Å²) in [6.45, 7) is 0.960. The van der Waals surface area contributed by atoms with Crippen molar-refractivity contribution in [3.05, 3.63) is 54.6 Å². The highest BCUT2D eigenvalue weighted by Gasteiger charge is 2.62. The summed E-state index contributed by atoms with van der Waals surface area (Å²) in [6.07, 6.45) is 5.70. The lowest BCUT2D eigenvalue weighted by atomic mass is 10.0. The smallest absolute Gasteiger partial charge is 0.408 e. The van der Waals surface area contributed by atoms with E-state index < -0.39 is 62.8 Å². The monoisotopic (exact) mass is 831 g/mol. The number of sulfonamides is 1. The standard InChI is InChI=1S/C43H53N5O10S/c1-55-30-14-17-33-36(22-30)44-35(27-10-6-5-7-11-27)24-38(33)57-31-23-37-39(49)46-43(41(51)47-59(53,54)32-15-16-32)25-28(43)12-8-3-2-4-9-13-34(40(50)48(37)26-31)45-42(52)58-29-18-20-56-21-19-29/h5-7,10-11,14,17,22,24,28-29,31-32,34,37H,2-4,8-9,12-13,15-16,18-21,23,25-26H2,1H3,(H,45,52)(H,46,49)(H,47,51)/t28-,31-,34+,37+,43-/m1/s1. The molecule has 0 unspecified atom stereocenters. The predicted octanol–water partition coefficient (Wildman–Crippen LogP) is 4.76. The van der Waals surface area contributed by atoms with Crippen LogP contribution in [0.2, 0.25) is 0 Å². The Balaban J connectivity index is 1.11. The topological polar surface area (TPSA) is 192 Å². The van der Waals surface area contributed by atoms with Gasteiger partial charge in [-0.05, 0) is 50.2 Å². The number of methoxy groups -OCH3 is 1. The largest absolute Gasteiger partial charge is 0.497 e. The van der Waals surface area contributed by atoms with Gasteiger partial charge in [0.05, 0.1) is 43.3 Å². The van der Waals surface area contributed by atoms with Crippen molar-refractivity contribution < 1.29 is 46.5 Å². The summed E-state index contributed by atoms with van der Waals surface area (Å²) in [4.78, 5) is 62.9. The van der Waals surface area contributed by atoms with Crippen LogP contribution in [0.3, 0.4) is 0 Å². The second-order valence-electron chi connectivity index (χ2n) is 16.5. The number of pyridine rings is 1. The van der Waals surface area contributed by atoms with E-state index in [9.17, 15) is 27.6 Å². The van der Waals surface area contributed by atoms with Crippen LogP contribution in [0.1, 0.15) is 83.5 Å². The molecule has 1 aromatic heterocycles. The number of amides is 4. The Labute approximate surface area is 344 Å². The molecule has 0 bridgehead atoms. The van der Waals surface area contributed by atoms with Gasteiger partial charge in [-0.15, -0.1) is 0 Å². The summed E-state index contributed by atoms with van der Waals surface area (Å²) in [5.74, 6) is -0.932. The van der Waals surface area contributed by atoms with Gasteiger partial charge in [0.15, 0.2) is 0 Å². The number of hydrogen-bond donors (Lipinski definition) is 3. The van der Waals surface area contributed by atoms with E-state index in [-0.39, 0.29) is 25.0 Å². The van der Waals surface area contributed by atoms with Crippen LogP contribution in [-0.4, -0.2) is 104 Å². The highest BCUT2D eigenvalue weighted by atomic mass is 32.2. The van der Waals surface area contributed by atoms with Crippen LogP contribution in [0.15, 0.2) is 54.6 Å². The number of carbonyl (C=O) groups excluding carboxylic acids is 4. The van der Waals surface area contributed by atoms with Crippen LogP contribution in [0, 0.1) is 5.92 Å². The summed E-state index contributed by atoms with van der Waals surface area (Å²) in [7, 11) is -2.30. The van der Waals surface area contributed by atoms with Crippen molar-refractivity contribution in [2.45, 2.75) is 119 Å². The molecule has 0 radical (unpaired) electrons. The van der Waals surface area contributed by atoms with Crippen molar-refractivity contribution in [1.29, 1.82) is 0 Å². The molecule has 16 heteroatoms. The molecule has 3 aromatic rings. The summed E-state index contributed by atoms with van der Waals surface area (Å²) in [5.41, 5.74) is 0.722. The average Bonchev–Trinajstić information content (AvgIpc) is 4.17. The number of fused-ring (bicyclic) bond motifs is 3. The first kappa shape index (κ1) is 40.8. The van der Waals surface area contributed by atoms with Gasteiger partial charge in [-0.3, -0.25) is 19.1 Å². The van der Waals surface area contributed by atoms with Crippen molar-refractivity contribution in [3.8, 4) is 22.8 Å². The summed E-state index contributed by atoms with van der Waals surface area (Å²) in [6, 6.07) is 14.9. The van der Waals surface area contributed by atoms with Crippen LogP contribution in [-0.2, 0) is 33.9 Å². The fourth-order valence-corrected chi connectivity index (χ4v) is 10.1. The molecule has 4 amide bonds. The van der Waals surface area contributed by atoms with E-state index in [0.29, 0.717) is 92.7 Å². The van der Waals surface area contributed by atoms with Crippen LogP contribution in [0.4, 0.5) is 4.79 Å². The number of hydrogen-bond acceptors (Lipinski definition) is 11. The van der Waals surface area contributed by atoms with Crippen molar-refractivity contribution >= 4 is 44.7 Å². The van der Waals surface area contributed by atoms with Gasteiger partial charge in [0.1, 0.15) is 41.3 Å². The zero-order valence-corrected chi connectivity index (χ0v) is 34.2. The number of nitrogens with zero attached hydrogens (tertiary/aromatic N) is 2. The van der Waals surface area contributed by atoms with Gasteiger partial charge in [-0.2, -0.15) is 0 Å². The first-order chi connectivity index (χ1) is 28.5. The minimum Gasteiger partial charge on any atom is -0.497 e. The van der Waals surface area contributed by atoms with Crippen LogP contribution < -0.4 is 24.8 Å². The molecule has 3 aliphatic heterocycles. The normalized spacial score (nSPS) is 27.0. The number of rotatable bonds is 9. The molecule has 4 heterocycles. The van der Waals surface area contributed by atoms with Gasteiger partial charge in [0.2, 0.25) is 21.8 Å². The molecule has 2 aliphatic carbocycles. The molecular weight excluding hydrogens is 779 g/mol. The maximum absolute atomic E-state index is 14.8. The number of carbonyl (C=O) groups is 4. The minimum atomic E-state index is -3.88. The highest BCUT2D eigenvalue weighted by Crippen LogP contribution is 2.48. The lowest BCUT2D eigenvalue weighted by Gasteiger charge is -2.30. The number of nitrogens with one attached hydrogen (secondary N) is 3. The highest BCUT2D eigenvalue weighted by molar-refractivity contribution is 7.91. The maximum atomic E-state index is 14.8. The molecule has 316 valence electrons. The average molecular weight is 832 g/mol. The molecular formula is C43H53N5O10S. The van der Waals surface area contributed by atoms with E-state index in [4.69, 9.17) is 23.9 Å². The van der Waals surface area contributed by atoms with E-state index in [2.05, 4.69) is 15.4 Å². The van der Waals surface area contributed by atoms with Crippen molar-refractivity contribution in [2.24, 2.45) is 5.92 Å². The van der Waals surface area contributed by atoms with Gasteiger partial charge in [0, 0.05) is 42.3 Å². The van der Waals surface area contributed by atoms with Gasteiger partial charge in [-0.1, -0.05) is 62.4 Å². The van der Waals surface area contributed by atoms with Gasteiger partial charge < -0.3 is 34.5 Å². The van der Waals surface area contributed by atoms with E-state index in [1.807, 2.05) is 54.6 Å². The summed E-state index contributed by atoms with van der Waals surface area (Å²) < 4.78 is 51.5. The Morgan fingerprint density at radius 3 is 2.41 bits per heavy atom. The summed E-state index contributed by atoms with van der Waals surface area (Å²) in [5, 5.41) is 5.88. The van der Waals surface area contributed by atoms with E-state index in [1.165, 1.54) is 4.90 Å². The third kappa shape index (κ3) is 9.28. The Bertz CT molecular complexity index is 2160. The van der Waals surface area contributed by atoms with E-state index >= 15 is 0 Å². The number of alkyl carbamates (subject to hydrolysis) is 1. The number of ether oxygens (including phenoxy) is 4. The Morgan fingerprint density at radius 2 is 1.66 bits per heavy atom. The second kappa shape index (κ2) is 17.3. The van der Waals surface area contributed by atoms with Gasteiger partial charge in [0.25, 0.3) is 5.91 Å². The Kier molecular flexibility index (Phi) is 12.0. The molecule has 0 spiro atoms. The Morgan fingerprint density at radius 1 is 0.915 bits per heavy atom.